The largest absolute Gasteiger partial charge is 0.310 e. The van der Waals surface area contributed by atoms with Crippen LogP contribution in [0.25, 0.3) is 45.5 Å². The van der Waals surface area contributed by atoms with E-state index >= 15 is 0 Å². The number of anilines is 3. The molecule has 0 fully saturated rings. The molecule has 8 rings (SSSR count). The van der Waals surface area contributed by atoms with Gasteiger partial charge in [-0.25, -0.2) is 0 Å². The van der Waals surface area contributed by atoms with Crippen LogP contribution >= 0.6 is 0 Å². The van der Waals surface area contributed by atoms with Crippen molar-refractivity contribution in [1.29, 1.82) is 0 Å². The molecule has 1 aliphatic rings. The van der Waals surface area contributed by atoms with Crippen LogP contribution in [0.3, 0.4) is 0 Å². The van der Waals surface area contributed by atoms with Crippen LogP contribution in [0.2, 0.25) is 0 Å². The van der Waals surface area contributed by atoms with Gasteiger partial charge in [0.25, 0.3) is 0 Å². The summed E-state index contributed by atoms with van der Waals surface area (Å²) in [6.45, 7) is 9.12. The van der Waals surface area contributed by atoms with Crippen LogP contribution in [0.4, 0.5) is 17.1 Å². The zero-order chi connectivity index (χ0) is 35.7. The molecule has 1 nitrogen and oxygen atoms in total. The minimum absolute atomic E-state index is 0.0459. The fraction of sp³-hybridized carbons (Fsp3) is 0.137. The Balaban J connectivity index is 1.10. The quantitative estimate of drug-likeness (QED) is 0.138. The van der Waals surface area contributed by atoms with E-state index in [4.69, 9.17) is 0 Å². The monoisotopic (exact) mass is 671 g/mol. The van der Waals surface area contributed by atoms with Gasteiger partial charge in [0.05, 0.1) is 0 Å². The highest BCUT2D eigenvalue weighted by molar-refractivity contribution is 5.87. The lowest BCUT2D eigenvalue weighted by atomic mass is 9.73. The number of hydrogen-bond acceptors (Lipinski definition) is 1. The van der Waals surface area contributed by atoms with Crippen LogP contribution in [0.1, 0.15) is 60.1 Å². The number of fused-ring (bicyclic) bond motifs is 3. The SMILES string of the molecule is CCC1(CC)c2cc(/C=C/c3ccc(-c4cc(-c5ccccc5)c(C)cc4C)cc3)ccc2-c2ccc(N(c3ccccc3)c3ccccc3)cc21. The van der Waals surface area contributed by atoms with E-state index in [-0.39, 0.29) is 5.41 Å². The van der Waals surface area contributed by atoms with Gasteiger partial charge in [-0.15, -0.1) is 0 Å². The zero-order valence-electron chi connectivity index (χ0n) is 30.6. The van der Waals surface area contributed by atoms with Crippen LogP contribution in [-0.2, 0) is 5.41 Å². The molecule has 1 aliphatic carbocycles. The van der Waals surface area contributed by atoms with Crippen molar-refractivity contribution in [1.82, 2.24) is 0 Å². The van der Waals surface area contributed by atoms with Gasteiger partial charge in [-0.1, -0.05) is 147 Å². The molecule has 7 aromatic rings. The summed E-state index contributed by atoms with van der Waals surface area (Å²) in [5.41, 5.74) is 19.2. The predicted octanol–water partition coefficient (Wildman–Crippen LogP) is 14.4. The lowest BCUT2D eigenvalue weighted by Crippen LogP contribution is -2.23. The number of hydrogen-bond donors (Lipinski definition) is 0. The molecule has 0 radical (unpaired) electrons. The molecule has 52 heavy (non-hydrogen) atoms. The van der Waals surface area contributed by atoms with Crippen molar-refractivity contribution in [2.24, 2.45) is 0 Å². The summed E-state index contributed by atoms with van der Waals surface area (Å²) in [5, 5.41) is 0. The number of para-hydroxylation sites is 2. The first-order valence-corrected chi connectivity index (χ1v) is 18.6. The smallest absolute Gasteiger partial charge is 0.0465 e. The minimum atomic E-state index is -0.0459. The first kappa shape index (κ1) is 33.2. The Hall–Kier alpha value is -5.92. The molecule has 0 heterocycles. The molecule has 0 amide bonds. The first-order chi connectivity index (χ1) is 25.5. The van der Waals surface area contributed by atoms with Gasteiger partial charge in [-0.2, -0.15) is 0 Å². The Morgan fingerprint density at radius 1 is 0.423 bits per heavy atom. The van der Waals surface area contributed by atoms with E-state index in [9.17, 15) is 0 Å². The lowest BCUT2D eigenvalue weighted by Gasteiger charge is -2.32. The normalized spacial score (nSPS) is 12.8. The summed E-state index contributed by atoms with van der Waals surface area (Å²) < 4.78 is 0. The van der Waals surface area contributed by atoms with Gasteiger partial charge in [0.1, 0.15) is 0 Å². The van der Waals surface area contributed by atoms with Crippen molar-refractivity contribution >= 4 is 29.2 Å². The second kappa shape index (κ2) is 14.0. The number of benzene rings is 7. The standard InChI is InChI=1S/C51H45N/c1-5-51(6-2)49-33-39(23-22-38-24-27-41(28-25-38)48-35-47(36(3)32-37(48)4)40-16-10-7-11-17-40)26-30-45(49)46-31-29-44(34-50(46)51)52(42-18-12-8-13-19-42)43-20-14-9-15-21-43/h7-35H,5-6H2,1-4H3/b23-22+. The third-order valence-corrected chi connectivity index (χ3v) is 11.2. The Labute approximate surface area is 309 Å². The average Bonchev–Trinajstić information content (AvgIpc) is 3.47. The lowest BCUT2D eigenvalue weighted by molar-refractivity contribution is 0.490. The van der Waals surface area contributed by atoms with Crippen molar-refractivity contribution in [3.8, 4) is 33.4 Å². The maximum Gasteiger partial charge on any atom is 0.0465 e. The van der Waals surface area contributed by atoms with E-state index in [1.807, 2.05) is 0 Å². The van der Waals surface area contributed by atoms with Crippen molar-refractivity contribution in [2.75, 3.05) is 4.90 Å². The third-order valence-electron chi connectivity index (χ3n) is 11.2. The van der Waals surface area contributed by atoms with Crippen molar-refractivity contribution < 1.29 is 0 Å². The molecule has 0 aromatic heterocycles. The van der Waals surface area contributed by atoms with Gasteiger partial charge in [-0.05, 0) is 136 Å². The van der Waals surface area contributed by atoms with Gasteiger partial charge < -0.3 is 4.90 Å². The Bertz CT molecular complexity index is 2320. The Morgan fingerprint density at radius 3 is 1.48 bits per heavy atom. The zero-order valence-corrected chi connectivity index (χ0v) is 30.6. The van der Waals surface area contributed by atoms with Crippen molar-refractivity contribution in [2.45, 2.75) is 46.0 Å². The molecule has 1 heteroatoms. The van der Waals surface area contributed by atoms with Gasteiger partial charge in [-0.3, -0.25) is 0 Å². The molecule has 0 atom stereocenters. The number of nitrogens with zero attached hydrogens (tertiary/aromatic N) is 1. The second-order valence-corrected chi connectivity index (χ2v) is 14.1. The van der Waals surface area contributed by atoms with Crippen LogP contribution in [0, 0.1) is 13.8 Å². The highest BCUT2D eigenvalue weighted by atomic mass is 15.1. The maximum absolute atomic E-state index is 2.46. The topological polar surface area (TPSA) is 3.24 Å². The molecular formula is C51H45N. The van der Waals surface area contributed by atoms with E-state index < -0.39 is 0 Å². The van der Waals surface area contributed by atoms with E-state index in [0.717, 1.165) is 24.2 Å². The summed E-state index contributed by atoms with van der Waals surface area (Å²) in [4.78, 5) is 2.38. The predicted molar refractivity (Wildman–Crippen MR) is 224 cm³/mol. The third kappa shape index (κ3) is 5.97. The van der Waals surface area contributed by atoms with Gasteiger partial charge in [0, 0.05) is 22.5 Å². The molecule has 0 saturated carbocycles. The highest BCUT2D eigenvalue weighted by Gasteiger charge is 2.41. The Kier molecular flexibility index (Phi) is 8.95. The number of aryl methyl sites for hydroxylation is 2. The summed E-state index contributed by atoms with van der Waals surface area (Å²) in [6.07, 6.45) is 6.61. The van der Waals surface area contributed by atoms with E-state index in [1.54, 1.807) is 0 Å². The fourth-order valence-corrected chi connectivity index (χ4v) is 8.41. The van der Waals surface area contributed by atoms with E-state index in [0.29, 0.717) is 0 Å². The van der Waals surface area contributed by atoms with Crippen LogP contribution in [-0.4, -0.2) is 0 Å². The number of rotatable bonds is 9. The van der Waals surface area contributed by atoms with Crippen molar-refractivity contribution in [3.05, 3.63) is 197 Å². The van der Waals surface area contributed by atoms with Crippen LogP contribution < -0.4 is 4.90 Å². The minimum Gasteiger partial charge on any atom is -0.310 e. The summed E-state index contributed by atoms with van der Waals surface area (Å²) in [5.74, 6) is 0. The summed E-state index contributed by atoms with van der Waals surface area (Å²) in [7, 11) is 0. The molecule has 254 valence electrons. The highest BCUT2D eigenvalue weighted by Crippen LogP contribution is 2.54. The summed E-state index contributed by atoms with van der Waals surface area (Å²) in [6, 6.07) is 60.0. The molecular weight excluding hydrogens is 627 g/mol. The molecule has 7 aromatic carbocycles. The molecule has 0 bridgehead atoms. The molecule has 0 spiro atoms. The van der Waals surface area contributed by atoms with Gasteiger partial charge >= 0.3 is 0 Å². The fourth-order valence-electron chi connectivity index (χ4n) is 8.41. The van der Waals surface area contributed by atoms with Crippen LogP contribution in [0.5, 0.6) is 0 Å². The summed E-state index contributed by atoms with van der Waals surface area (Å²) >= 11 is 0. The van der Waals surface area contributed by atoms with Crippen molar-refractivity contribution in [3.63, 3.8) is 0 Å². The second-order valence-electron chi connectivity index (χ2n) is 14.1. The van der Waals surface area contributed by atoms with Gasteiger partial charge in [0.2, 0.25) is 0 Å². The van der Waals surface area contributed by atoms with Gasteiger partial charge in [0.15, 0.2) is 0 Å². The average molecular weight is 672 g/mol. The van der Waals surface area contributed by atoms with Crippen LogP contribution in [0.15, 0.2) is 164 Å². The maximum atomic E-state index is 2.46. The molecule has 0 saturated heterocycles. The molecule has 0 N–H and O–H groups in total. The van der Waals surface area contributed by atoms with E-state index in [1.165, 1.54) is 72.4 Å². The Morgan fingerprint density at radius 2 is 0.904 bits per heavy atom. The molecule has 0 aliphatic heterocycles. The van der Waals surface area contributed by atoms with E-state index in [2.05, 4.69) is 209 Å². The molecule has 0 unspecified atom stereocenters. The first-order valence-electron chi connectivity index (χ1n) is 18.6.